The molecule has 3 aromatic rings. The van der Waals surface area contributed by atoms with Crippen molar-refractivity contribution in [1.29, 1.82) is 0 Å². The lowest BCUT2D eigenvalue weighted by atomic mass is 9.65. The third kappa shape index (κ3) is 2.55. The summed E-state index contributed by atoms with van der Waals surface area (Å²) >= 11 is 9.06. The summed E-state index contributed by atoms with van der Waals surface area (Å²) in [5, 5.41) is 0.0314. The first-order chi connectivity index (χ1) is 13.2. The molecule has 2 aliphatic rings. The molecule has 3 aromatic carbocycles. The first-order valence-electron chi connectivity index (χ1n) is 9.18. The van der Waals surface area contributed by atoms with E-state index in [-0.39, 0.29) is 10.8 Å². The molecule has 0 N–H and O–H groups in total. The molecule has 0 radical (unpaired) electrons. The number of rotatable bonds is 2. The number of hydrogen-bond donors (Lipinski definition) is 0. The van der Waals surface area contributed by atoms with Crippen LogP contribution in [0.25, 0.3) is 5.57 Å². The van der Waals surface area contributed by atoms with Gasteiger partial charge in [-0.05, 0) is 74.5 Å². The fourth-order valence-corrected chi connectivity index (χ4v) is 5.43. The molecule has 0 aromatic heterocycles. The van der Waals surface area contributed by atoms with Gasteiger partial charge in [0.25, 0.3) is 0 Å². The van der Waals surface area contributed by atoms with E-state index < -0.39 is 0 Å². The summed E-state index contributed by atoms with van der Waals surface area (Å²) in [6.45, 7) is 0. The Kier molecular flexibility index (Phi) is 4.25. The number of allylic oxidation sites excluding steroid dienone is 4. The Hall–Kier alpha value is -1.84. The maximum absolute atomic E-state index is 6.64. The molecule has 2 heteroatoms. The van der Waals surface area contributed by atoms with Crippen molar-refractivity contribution >= 4 is 39.8 Å². The summed E-state index contributed by atoms with van der Waals surface area (Å²) in [6, 6.07) is 28.6. The molecule has 0 saturated carbocycles. The van der Waals surface area contributed by atoms with Crippen molar-refractivity contribution in [1.82, 2.24) is 0 Å². The predicted octanol–water partition coefficient (Wildman–Crippen LogP) is 6.96. The maximum Gasteiger partial charge on any atom is 0.0677 e. The summed E-state index contributed by atoms with van der Waals surface area (Å²) in [5.41, 5.74) is 7.79. The summed E-state index contributed by atoms with van der Waals surface area (Å²) in [4.78, 5) is 0. The average Bonchev–Trinajstić information content (AvgIpc) is 2.99. The highest BCUT2D eigenvalue weighted by Gasteiger charge is 2.48. The molecule has 0 saturated heterocycles. The lowest BCUT2D eigenvalue weighted by Crippen LogP contribution is -2.31. The van der Waals surface area contributed by atoms with Gasteiger partial charge in [-0.2, -0.15) is 0 Å². The summed E-state index contributed by atoms with van der Waals surface area (Å²) < 4.78 is 1.26. The molecular weight excluding hydrogens is 463 g/mol. The van der Waals surface area contributed by atoms with Crippen LogP contribution in [0.2, 0.25) is 0 Å². The maximum atomic E-state index is 6.64. The number of fused-ring (bicyclic) bond motifs is 2. The Morgan fingerprint density at radius 3 is 2.11 bits per heavy atom. The molecule has 0 nitrogen and oxygen atoms in total. The Morgan fingerprint density at radius 1 is 0.852 bits per heavy atom. The average molecular weight is 481 g/mol. The molecule has 5 rings (SSSR count). The van der Waals surface area contributed by atoms with Crippen molar-refractivity contribution < 1.29 is 0 Å². The Balaban J connectivity index is 1.94. The third-order valence-electron chi connectivity index (χ3n) is 5.74. The lowest BCUT2D eigenvalue weighted by molar-refractivity contribution is 0.698. The minimum atomic E-state index is -0.285. The summed E-state index contributed by atoms with van der Waals surface area (Å²) in [7, 11) is 0. The van der Waals surface area contributed by atoms with Gasteiger partial charge in [-0.15, -0.1) is 11.6 Å². The van der Waals surface area contributed by atoms with E-state index in [2.05, 4.69) is 114 Å². The highest BCUT2D eigenvalue weighted by Crippen LogP contribution is 2.57. The van der Waals surface area contributed by atoms with E-state index in [9.17, 15) is 0 Å². The molecule has 0 heterocycles. The largest absolute Gasteiger partial charge is 0.118 e. The molecule has 0 bridgehead atoms. The van der Waals surface area contributed by atoms with Crippen molar-refractivity contribution in [2.45, 2.75) is 17.2 Å². The van der Waals surface area contributed by atoms with Crippen LogP contribution < -0.4 is 0 Å². The molecule has 0 spiro atoms. The Morgan fingerprint density at radius 2 is 1.48 bits per heavy atom. The molecule has 0 fully saturated rings. The van der Waals surface area contributed by atoms with Crippen molar-refractivity contribution in [2.24, 2.45) is 0 Å². The molecule has 0 amide bonds. The van der Waals surface area contributed by atoms with Crippen molar-refractivity contribution in [2.75, 3.05) is 0 Å². The Bertz CT molecular complexity index is 1020. The second-order valence-corrected chi connectivity index (χ2v) is 8.95. The van der Waals surface area contributed by atoms with E-state index in [1.165, 1.54) is 37.0 Å². The number of benzene rings is 3. The molecule has 1 unspecified atom stereocenters. The topological polar surface area (TPSA) is 0 Å². The van der Waals surface area contributed by atoms with Crippen LogP contribution in [0.3, 0.4) is 0 Å². The number of alkyl halides is 1. The molecule has 27 heavy (non-hydrogen) atoms. The van der Waals surface area contributed by atoms with Crippen LogP contribution in [-0.4, -0.2) is 5.38 Å². The van der Waals surface area contributed by atoms with Gasteiger partial charge in [-0.3, -0.25) is 0 Å². The van der Waals surface area contributed by atoms with Gasteiger partial charge >= 0.3 is 0 Å². The SMILES string of the molecule is ClC1C=CC2=C(C1)C(c1ccccc1)(c1ccccc1)c1cc(I)ccc12. The van der Waals surface area contributed by atoms with Gasteiger partial charge in [0, 0.05) is 3.57 Å². The van der Waals surface area contributed by atoms with Gasteiger partial charge in [0.2, 0.25) is 0 Å². The molecular formula is C25H18ClI. The van der Waals surface area contributed by atoms with Gasteiger partial charge in [0.05, 0.1) is 10.8 Å². The normalized spacial score (nSPS) is 19.7. The van der Waals surface area contributed by atoms with Gasteiger partial charge in [-0.1, -0.05) is 78.9 Å². The van der Waals surface area contributed by atoms with Gasteiger partial charge in [-0.25, -0.2) is 0 Å². The van der Waals surface area contributed by atoms with Gasteiger partial charge in [0.1, 0.15) is 0 Å². The zero-order valence-electron chi connectivity index (χ0n) is 14.7. The molecule has 132 valence electrons. The van der Waals surface area contributed by atoms with E-state index in [1.54, 1.807) is 0 Å². The summed E-state index contributed by atoms with van der Waals surface area (Å²) in [6.07, 6.45) is 5.23. The van der Waals surface area contributed by atoms with E-state index in [0.29, 0.717) is 0 Å². The van der Waals surface area contributed by atoms with Crippen LogP contribution in [0.4, 0.5) is 0 Å². The van der Waals surface area contributed by atoms with Crippen molar-refractivity contribution in [3.63, 3.8) is 0 Å². The van der Waals surface area contributed by atoms with Crippen LogP contribution in [0.5, 0.6) is 0 Å². The fraction of sp³-hybridized carbons (Fsp3) is 0.120. The van der Waals surface area contributed by atoms with Crippen LogP contribution >= 0.6 is 34.2 Å². The van der Waals surface area contributed by atoms with Gasteiger partial charge < -0.3 is 0 Å². The van der Waals surface area contributed by atoms with E-state index >= 15 is 0 Å². The van der Waals surface area contributed by atoms with E-state index in [0.717, 1.165) is 6.42 Å². The number of hydrogen-bond acceptors (Lipinski definition) is 0. The van der Waals surface area contributed by atoms with Crippen LogP contribution in [0, 0.1) is 3.57 Å². The third-order valence-corrected chi connectivity index (χ3v) is 6.71. The fourth-order valence-electron chi connectivity index (χ4n) is 4.71. The van der Waals surface area contributed by atoms with Crippen molar-refractivity contribution in [3.8, 4) is 0 Å². The zero-order chi connectivity index (χ0) is 18.4. The molecule has 2 aliphatic carbocycles. The monoisotopic (exact) mass is 480 g/mol. The lowest BCUT2D eigenvalue weighted by Gasteiger charge is -2.37. The first-order valence-corrected chi connectivity index (χ1v) is 10.7. The quantitative estimate of drug-likeness (QED) is 0.275. The van der Waals surface area contributed by atoms with Gasteiger partial charge in [0.15, 0.2) is 0 Å². The van der Waals surface area contributed by atoms with Crippen LogP contribution in [0.15, 0.2) is 96.6 Å². The van der Waals surface area contributed by atoms with Crippen molar-refractivity contribution in [3.05, 3.63) is 122 Å². The zero-order valence-corrected chi connectivity index (χ0v) is 17.6. The summed E-state index contributed by atoms with van der Waals surface area (Å²) in [5.74, 6) is 0. The second-order valence-electron chi connectivity index (χ2n) is 7.14. The second kappa shape index (κ2) is 6.65. The molecule has 1 atom stereocenters. The Labute approximate surface area is 178 Å². The van der Waals surface area contributed by atoms with E-state index in [1.807, 2.05) is 0 Å². The smallest absolute Gasteiger partial charge is 0.0677 e. The minimum Gasteiger partial charge on any atom is -0.118 e. The van der Waals surface area contributed by atoms with E-state index in [4.69, 9.17) is 11.6 Å². The van der Waals surface area contributed by atoms with Crippen LogP contribution in [0.1, 0.15) is 28.7 Å². The first kappa shape index (κ1) is 17.3. The predicted molar refractivity (Wildman–Crippen MR) is 122 cm³/mol. The number of halogens is 2. The highest BCUT2D eigenvalue weighted by atomic mass is 127. The highest BCUT2D eigenvalue weighted by molar-refractivity contribution is 14.1. The minimum absolute atomic E-state index is 0.0314. The standard InChI is InChI=1S/C25H18ClI/c26-19-11-13-21-22-14-12-20(27)16-24(22)25(23(21)15-19,17-7-3-1-4-8-17)18-9-5-2-6-10-18/h1-14,16,19H,15H2. The van der Waals surface area contributed by atoms with Crippen LogP contribution in [-0.2, 0) is 5.41 Å². The molecule has 0 aliphatic heterocycles.